The lowest BCUT2D eigenvalue weighted by atomic mass is 10.1. The van der Waals surface area contributed by atoms with Crippen molar-refractivity contribution in [3.63, 3.8) is 0 Å². The number of carbonyl (C=O) groups is 3. The minimum Gasteiger partial charge on any atom is -0.480 e. The van der Waals surface area contributed by atoms with E-state index in [1.165, 1.54) is 0 Å². The highest BCUT2D eigenvalue weighted by molar-refractivity contribution is 5.86. The first kappa shape index (κ1) is 19.2. The summed E-state index contributed by atoms with van der Waals surface area (Å²) >= 11 is 0. The topological polar surface area (TPSA) is 131 Å². The second-order valence-electron chi connectivity index (χ2n) is 4.59. The van der Waals surface area contributed by atoms with E-state index < -0.39 is 24.0 Å². The van der Waals surface area contributed by atoms with Gasteiger partial charge >= 0.3 is 12.1 Å². The van der Waals surface area contributed by atoms with Gasteiger partial charge in [-0.3, -0.25) is 4.79 Å². The third kappa shape index (κ3) is 10.6. The van der Waals surface area contributed by atoms with Crippen LogP contribution in [0.15, 0.2) is 0 Å². The zero-order chi connectivity index (χ0) is 16.1. The van der Waals surface area contributed by atoms with Crippen LogP contribution in [0.4, 0.5) is 4.79 Å². The van der Waals surface area contributed by atoms with Crippen molar-refractivity contribution >= 4 is 18.0 Å². The molecule has 0 heterocycles. The molecular formula is C13H25N3O5. The molecule has 122 valence electrons. The normalized spacial score (nSPS) is 11.5. The van der Waals surface area contributed by atoms with Gasteiger partial charge in [-0.1, -0.05) is 13.3 Å². The first-order valence-electron chi connectivity index (χ1n) is 7.14. The lowest BCUT2D eigenvalue weighted by Gasteiger charge is -2.14. The molecule has 2 amide bonds. The van der Waals surface area contributed by atoms with Gasteiger partial charge in [-0.05, 0) is 32.2 Å². The van der Waals surface area contributed by atoms with Crippen molar-refractivity contribution < 1.29 is 24.2 Å². The Bertz CT molecular complexity index is 336. The lowest BCUT2D eigenvalue weighted by molar-refractivity contribution is -0.141. The molecule has 21 heavy (non-hydrogen) atoms. The van der Waals surface area contributed by atoms with Gasteiger partial charge in [0.25, 0.3) is 0 Å². The van der Waals surface area contributed by atoms with Gasteiger partial charge in [0, 0.05) is 0 Å². The Labute approximate surface area is 124 Å². The van der Waals surface area contributed by atoms with Crippen LogP contribution in [-0.2, 0) is 14.3 Å². The summed E-state index contributed by atoms with van der Waals surface area (Å²) in [4.78, 5) is 33.7. The van der Waals surface area contributed by atoms with Crippen LogP contribution in [0.5, 0.6) is 0 Å². The molecule has 0 aromatic heterocycles. The van der Waals surface area contributed by atoms with Crippen LogP contribution in [0.1, 0.15) is 39.0 Å². The molecule has 0 aromatic carbocycles. The fraction of sp³-hybridized carbons (Fsp3) is 0.769. The van der Waals surface area contributed by atoms with Gasteiger partial charge in [-0.2, -0.15) is 0 Å². The molecule has 1 atom stereocenters. The van der Waals surface area contributed by atoms with Crippen LogP contribution >= 0.6 is 0 Å². The summed E-state index contributed by atoms with van der Waals surface area (Å²) in [5.74, 6) is -1.67. The highest BCUT2D eigenvalue weighted by Crippen LogP contribution is 2.00. The van der Waals surface area contributed by atoms with E-state index in [0.717, 1.165) is 12.8 Å². The second kappa shape index (κ2) is 12.0. The number of carbonyl (C=O) groups excluding carboxylic acids is 2. The van der Waals surface area contributed by atoms with Crippen LogP contribution in [0.2, 0.25) is 0 Å². The number of hydrogen-bond donors (Lipinski definition) is 4. The largest absolute Gasteiger partial charge is 0.480 e. The fourth-order valence-electron chi connectivity index (χ4n) is 1.51. The quantitative estimate of drug-likeness (QED) is 0.404. The van der Waals surface area contributed by atoms with Crippen molar-refractivity contribution in [1.82, 2.24) is 10.6 Å². The maximum atomic E-state index is 11.6. The number of carboxylic acid groups (broad SMARTS) is 1. The minimum atomic E-state index is -1.11. The van der Waals surface area contributed by atoms with Crippen LogP contribution in [-0.4, -0.2) is 48.8 Å². The van der Waals surface area contributed by atoms with Gasteiger partial charge in [0.05, 0.1) is 6.61 Å². The maximum Gasteiger partial charge on any atom is 0.407 e. The first-order chi connectivity index (χ1) is 10.0. The fourth-order valence-corrected chi connectivity index (χ4v) is 1.51. The molecule has 0 fully saturated rings. The standard InChI is InChI=1S/C13H25N3O5/c1-2-3-8-21-13(20)15-9-11(17)16-10(12(18)19)6-4-5-7-14/h10H,2-9,14H2,1H3,(H,15,20)(H,16,17)(H,18,19)/t10-/m0/s1. The van der Waals surface area contributed by atoms with E-state index in [1.54, 1.807) is 0 Å². The van der Waals surface area contributed by atoms with Crippen molar-refractivity contribution in [3.8, 4) is 0 Å². The molecule has 8 heteroatoms. The van der Waals surface area contributed by atoms with Gasteiger partial charge in [0.2, 0.25) is 5.91 Å². The first-order valence-corrected chi connectivity index (χ1v) is 7.14. The number of unbranched alkanes of at least 4 members (excludes halogenated alkanes) is 2. The van der Waals surface area contributed by atoms with Gasteiger partial charge in [0.15, 0.2) is 0 Å². The third-order valence-electron chi connectivity index (χ3n) is 2.70. The number of alkyl carbamates (subject to hydrolysis) is 1. The Morgan fingerprint density at radius 2 is 1.95 bits per heavy atom. The van der Waals surface area contributed by atoms with Gasteiger partial charge in [-0.15, -0.1) is 0 Å². The smallest absolute Gasteiger partial charge is 0.407 e. The molecule has 0 aliphatic carbocycles. The summed E-state index contributed by atoms with van der Waals surface area (Å²) in [6.07, 6.45) is 2.58. The lowest BCUT2D eigenvalue weighted by Crippen LogP contribution is -2.45. The highest BCUT2D eigenvalue weighted by Gasteiger charge is 2.19. The number of hydrogen-bond acceptors (Lipinski definition) is 5. The Balaban J connectivity index is 3.97. The number of nitrogens with two attached hydrogens (primary N) is 1. The predicted octanol–water partition coefficient (Wildman–Crippen LogP) is 0.211. The van der Waals surface area contributed by atoms with Crippen LogP contribution in [0, 0.1) is 0 Å². The zero-order valence-corrected chi connectivity index (χ0v) is 12.4. The molecule has 0 saturated carbocycles. The molecule has 0 spiro atoms. The molecule has 0 unspecified atom stereocenters. The van der Waals surface area contributed by atoms with Crippen molar-refractivity contribution in [1.29, 1.82) is 0 Å². The molecule has 0 rings (SSSR count). The molecule has 0 radical (unpaired) electrons. The van der Waals surface area contributed by atoms with Crippen LogP contribution in [0.25, 0.3) is 0 Å². The molecular weight excluding hydrogens is 278 g/mol. The predicted molar refractivity (Wildman–Crippen MR) is 76.7 cm³/mol. The minimum absolute atomic E-state index is 0.292. The zero-order valence-electron chi connectivity index (χ0n) is 12.4. The Morgan fingerprint density at radius 1 is 1.24 bits per heavy atom. The summed E-state index contributed by atoms with van der Waals surface area (Å²) in [5, 5.41) is 13.6. The van der Waals surface area contributed by atoms with Crippen molar-refractivity contribution in [2.75, 3.05) is 19.7 Å². The number of amides is 2. The molecule has 0 saturated heterocycles. The van der Waals surface area contributed by atoms with Gasteiger partial charge in [-0.25, -0.2) is 9.59 Å². The Kier molecular flexibility index (Phi) is 10.9. The van der Waals surface area contributed by atoms with Crippen molar-refractivity contribution in [2.24, 2.45) is 5.73 Å². The maximum absolute atomic E-state index is 11.6. The number of rotatable bonds is 11. The van der Waals surface area contributed by atoms with E-state index >= 15 is 0 Å². The van der Waals surface area contributed by atoms with E-state index in [1.807, 2.05) is 6.92 Å². The van der Waals surface area contributed by atoms with E-state index in [9.17, 15) is 14.4 Å². The molecule has 0 bridgehead atoms. The average molecular weight is 303 g/mol. The molecule has 0 aromatic rings. The average Bonchev–Trinajstić information content (AvgIpc) is 2.44. The summed E-state index contributed by atoms with van der Waals surface area (Å²) in [7, 11) is 0. The number of nitrogens with one attached hydrogen (secondary N) is 2. The molecule has 8 nitrogen and oxygen atoms in total. The molecule has 0 aliphatic heterocycles. The number of aliphatic carboxylic acids is 1. The monoisotopic (exact) mass is 303 g/mol. The van der Waals surface area contributed by atoms with Crippen LogP contribution < -0.4 is 16.4 Å². The molecule has 0 aliphatic rings. The summed E-state index contributed by atoms with van der Waals surface area (Å²) in [6.45, 7) is 2.42. The molecule has 5 N–H and O–H groups in total. The SMILES string of the molecule is CCCCOC(=O)NCC(=O)N[C@@H](CCCCN)C(=O)O. The third-order valence-corrected chi connectivity index (χ3v) is 2.70. The number of ether oxygens (including phenoxy) is 1. The highest BCUT2D eigenvalue weighted by atomic mass is 16.5. The van der Waals surface area contributed by atoms with Crippen molar-refractivity contribution in [3.05, 3.63) is 0 Å². The second-order valence-corrected chi connectivity index (χ2v) is 4.59. The van der Waals surface area contributed by atoms with Gasteiger partial charge < -0.3 is 26.2 Å². The Hall–Kier alpha value is -1.83. The van der Waals surface area contributed by atoms with E-state index in [2.05, 4.69) is 10.6 Å². The number of carboxylic acids is 1. The summed E-state index contributed by atoms with van der Waals surface area (Å²) in [5.41, 5.74) is 5.33. The van der Waals surface area contributed by atoms with Crippen LogP contribution in [0.3, 0.4) is 0 Å². The van der Waals surface area contributed by atoms with E-state index in [0.29, 0.717) is 32.4 Å². The van der Waals surface area contributed by atoms with Gasteiger partial charge in [0.1, 0.15) is 12.6 Å². The Morgan fingerprint density at radius 3 is 2.52 bits per heavy atom. The van der Waals surface area contributed by atoms with E-state index in [-0.39, 0.29) is 6.54 Å². The summed E-state index contributed by atoms with van der Waals surface area (Å²) in [6, 6.07) is -0.970. The van der Waals surface area contributed by atoms with E-state index in [4.69, 9.17) is 15.6 Å². The summed E-state index contributed by atoms with van der Waals surface area (Å²) < 4.78 is 4.80. The van der Waals surface area contributed by atoms with Crippen molar-refractivity contribution in [2.45, 2.75) is 45.1 Å².